The van der Waals surface area contributed by atoms with E-state index in [1.54, 1.807) is 11.8 Å². The van der Waals surface area contributed by atoms with Crippen molar-refractivity contribution in [1.29, 1.82) is 0 Å². The smallest absolute Gasteiger partial charge is 0.191 e. The van der Waals surface area contributed by atoms with Gasteiger partial charge in [0, 0.05) is 31.0 Å². The molecule has 1 atom stereocenters. The lowest BCUT2D eigenvalue weighted by Gasteiger charge is -2.32. The van der Waals surface area contributed by atoms with Gasteiger partial charge in [0.2, 0.25) is 0 Å². The predicted octanol–water partition coefficient (Wildman–Crippen LogP) is 3.02. The zero-order valence-corrected chi connectivity index (χ0v) is 15.0. The zero-order valence-electron chi connectivity index (χ0n) is 14.2. The van der Waals surface area contributed by atoms with E-state index in [-0.39, 0.29) is 0 Å². The highest BCUT2D eigenvalue weighted by molar-refractivity contribution is 7.99. The number of hydrogen-bond acceptors (Lipinski definition) is 6. The molecular weight excluding hydrogens is 306 g/mol. The molecule has 0 amide bonds. The van der Waals surface area contributed by atoms with Crippen LogP contribution in [0.5, 0.6) is 0 Å². The van der Waals surface area contributed by atoms with Gasteiger partial charge in [-0.2, -0.15) is 0 Å². The van der Waals surface area contributed by atoms with Gasteiger partial charge in [-0.1, -0.05) is 31.5 Å². The fourth-order valence-corrected chi connectivity index (χ4v) is 4.44. The largest absolute Gasteiger partial charge is 0.383 e. The molecule has 0 radical (unpaired) electrons. The maximum Gasteiger partial charge on any atom is 0.191 e. The number of unbranched alkanes of at least 4 members (excludes halogenated alkanes) is 1. The molecule has 5 nitrogen and oxygen atoms in total. The minimum absolute atomic E-state index is 0.593. The average Bonchev–Trinajstić information content (AvgIpc) is 3.06. The minimum Gasteiger partial charge on any atom is -0.383 e. The van der Waals surface area contributed by atoms with E-state index in [0.29, 0.717) is 11.9 Å². The summed E-state index contributed by atoms with van der Waals surface area (Å²) in [5.41, 5.74) is 6.01. The maximum atomic E-state index is 6.01. The van der Waals surface area contributed by atoms with Gasteiger partial charge in [-0.25, -0.2) is 9.97 Å². The Hall–Kier alpha value is -1.01. The molecule has 3 heterocycles. The second kappa shape index (κ2) is 8.20. The van der Waals surface area contributed by atoms with E-state index >= 15 is 0 Å². The number of anilines is 2. The first-order valence-electron chi connectivity index (χ1n) is 9.02. The first-order chi connectivity index (χ1) is 11.3. The van der Waals surface area contributed by atoms with Crippen molar-refractivity contribution in [3.8, 4) is 0 Å². The first kappa shape index (κ1) is 16.8. The second-order valence-corrected chi connectivity index (χ2v) is 7.68. The van der Waals surface area contributed by atoms with Gasteiger partial charge >= 0.3 is 0 Å². The molecule has 0 aliphatic carbocycles. The van der Waals surface area contributed by atoms with Crippen LogP contribution >= 0.6 is 11.8 Å². The topological polar surface area (TPSA) is 58.3 Å². The van der Waals surface area contributed by atoms with Crippen LogP contribution < -0.4 is 10.6 Å². The van der Waals surface area contributed by atoms with Crippen LogP contribution in [0.2, 0.25) is 0 Å². The van der Waals surface area contributed by atoms with E-state index in [2.05, 4.69) is 21.7 Å². The molecule has 3 rings (SSSR count). The van der Waals surface area contributed by atoms with Crippen molar-refractivity contribution in [2.75, 3.05) is 42.6 Å². The van der Waals surface area contributed by atoms with Crippen molar-refractivity contribution in [3.63, 3.8) is 0 Å². The van der Waals surface area contributed by atoms with Crippen molar-refractivity contribution in [3.05, 3.63) is 6.07 Å². The molecule has 1 aromatic heterocycles. The molecule has 2 aliphatic rings. The van der Waals surface area contributed by atoms with Crippen LogP contribution in [0.15, 0.2) is 11.2 Å². The number of hydrogen-bond donors (Lipinski definition) is 1. The lowest BCUT2D eigenvalue weighted by molar-refractivity contribution is 0.175. The van der Waals surface area contributed by atoms with Crippen LogP contribution in [0, 0.1) is 0 Å². The Morgan fingerprint density at radius 3 is 2.83 bits per heavy atom. The lowest BCUT2D eigenvalue weighted by Crippen LogP contribution is -2.41. The van der Waals surface area contributed by atoms with E-state index in [0.717, 1.165) is 29.8 Å². The third kappa shape index (κ3) is 4.51. The fourth-order valence-electron chi connectivity index (χ4n) is 3.50. The van der Waals surface area contributed by atoms with Gasteiger partial charge in [0.15, 0.2) is 5.16 Å². The predicted molar refractivity (Wildman–Crippen MR) is 98.1 cm³/mol. The van der Waals surface area contributed by atoms with Gasteiger partial charge in [0.05, 0.1) is 0 Å². The Labute approximate surface area is 144 Å². The molecule has 0 bridgehead atoms. The van der Waals surface area contributed by atoms with Gasteiger partial charge in [0.1, 0.15) is 11.6 Å². The monoisotopic (exact) mass is 335 g/mol. The molecule has 0 aromatic carbocycles. The Kier molecular flexibility index (Phi) is 6.00. The van der Waals surface area contributed by atoms with Gasteiger partial charge in [0.25, 0.3) is 0 Å². The van der Waals surface area contributed by atoms with E-state index in [9.17, 15) is 0 Å². The molecule has 1 aromatic rings. The summed E-state index contributed by atoms with van der Waals surface area (Å²) >= 11 is 1.72. The Morgan fingerprint density at radius 1 is 1.22 bits per heavy atom. The summed E-state index contributed by atoms with van der Waals surface area (Å²) in [6.07, 6.45) is 7.74. The van der Waals surface area contributed by atoms with Crippen molar-refractivity contribution in [2.45, 2.75) is 56.6 Å². The summed E-state index contributed by atoms with van der Waals surface area (Å²) in [7, 11) is 0. The lowest BCUT2D eigenvalue weighted by atomic mass is 10.1. The van der Waals surface area contributed by atoms with Crippen LogP contribution in [-0.4, -0.2) is 52.8 Å². The van der Waals surface area contributed by atoms with E-state index in [1.807, 2.05) is 6.07 Å². The number of thioether (sulfide) groups is 1. The Balaban J connectivity index is 1.62. The number of nitrogens with two attached hydrogens (primary N) is 1. The number of rotatable bonds is 6. The summed E-state index contributed by atoms with van der Waals surface area (Å²) in [4.78, 5) is 14.2. The molecule has 128 valence electrons. The maximum absolute atomic E-state index is 6.01. The molecule has 0 unspecified atom stereocenters. The van der Waals surface area contributed by atoms with Crippen molar-refractivity contribution >= 4 is 23.4 Å². The Bertz CT molecular complexity index is 504. The number of aromatic nitrogens is 2. The van der Waals surface area contributed by atoms with Gasteiger partial charge in [-0.15, -0.1) is 0 Å². The molecule has 2 saturated heterocycles. The summed E-state index contributed by atoms with van der Waals surface area (Å²) < 4.78 is 0. The molecule has 2 aliphatic heterocycles. The zero-order chi connectivity index (χ0) is 16.1. The van der Waals surface area contributed by atoms with Crippen LogP contribution in [0.1, 0.15) is 45.4 Å². The van der Waals surface area contributed by atoms with Crippen LogP contribution in [-0.2, 0) is 0 Å². The van der Waals surface area contributed by atoms with E-state index in [4.69, 9.17) is 10.7 Å². The van der Waals surface area contributed by atoms with E-state index in [1.165, 1.54) is 51.6 Å². The normalized spacial score (nSPS) is 22.7. The second-order valence-electron chi connectivity index (χ2n) is 6.62. The number of piperidine rings is 1. The van der Waals surface area contributed by atoms with Crippen molar-refractivity contribution in [2.24, 2.45) is 0 Å². The average molecular weight is 336 g/mol. The van der Waals surface area contributed by atoms with Crippen LogP contribution in [0.4, 0.5) is 11.6 Å². The van der Waals surface area contributed by atoms with Crippen molar-refractivity contribution < 1.29 is 0 Å². The summed E-state index contributed by atoms with van der Waals surface area (Å²) in [6, 6.07) is 2.62. The molecule has 0 spiro atoms. The molecule has 2 fully saturated rings. The number of likely N-dealkylation sites (tertiary alicyclic amines) is 1. The quantitative estimate of drug-likeness (QED) is 0.490. The Morgan fingerprint density at radius 2 is 2.04 bits per heavy atom. The molecule has 0 saturated carbocycles. The standard InChI is InChI=1S/C17H29N5S/c1-2-3-11-23-17-19-15(18)12-16(20-17)22-10-7-14(13-22)21-8-5-4-6-9-21/h12,14H,2-11,13H2,1H3,(H2,18,19,20)/t14-/m1/s1. The number of nitrogens with zero attached hydrogens (tertiary/aromatic N) is 4. The molecule has 23 heavy (non-hydrogen) atoms. The van der Waals surface area contributed by atoms with Crippen molar-refractivity contribution in [1.82, 2.24) is 14.9 Å². The van der Waals surface area contributed by atoms with Crippen LogP contribution in [0.3, 0.4) is 0 Å². The fraction of sp³-hybridized carbons (Fsp3) is 0.765. The molecule has 6 heteroatoms. The molecule has 2 N–H and O–H groups in total. The third-order valence-corrected chi connectivity index (χ3v) is 5.77. The van der Waals surface area contributed by atoms with Gasteiger partial charge in [-0.3, -0.25) is 4.90 Å². The first-order valence-corrected chi connectivity index (χ1v) is 10.0. The minimum atomic E-state index is 0.593. The molecular formula is C17H29N5S. The summed E-state index contributed by atoms with van der Waals surface area (Å²) in [5.74, 6) is 2.67. The summed E-state index contributed by atoms with van der Waals surface area (Å²) in [5, 5.41) is 0.829. The number of nitrogen functional groups attached to an aromatic ring is 1. The highest BCUT2D eigenvalue weighted by atomic mass is 32.2. The van der Waals surface area contributed by atoms with Crippen LogP contribution in [0.25, 0.3) is 0 Å². The third-order valence-electron chi connectivity index (χ3n) is 4.84. The van der Waals surface area contributed by atoms with Gasteiger partial charge in [-0.05, 0) is 38.8 Å². The van der Waals surface area contributed by atoms with E-state index < -0.39 is 0 Å². The highest BCUT2D eigenvalue weighted by Crippen LogP contribution is 2.26. The SMILES string of the molecule is CCCCSc1nc(N)cc(N2CC[C@@H](N3CCCCC3)C2)n1. The summed E-state index contributed by atoms with van der Waals surface area (Å²) in [6.45, 7) is 6.90. The van der Waals surface area contributed by atoms with Gasteiger partial charge < -0.3 is 10.6 Å². The highest BCUT2D eigenvalue weighted by Gasteiger charge is 2.29.